The van der Waals surface area contributed by atoms with Gasteiger partial charge in [0.2, 0.25) is 11.7 Å². The summed E-state index contributed by atoms with van der Waals surface area (Å²) in [7, 11) is 0. The van der Waals surface area contributed by atoms with E-state index in [1.807, 2.05) is 30.3 Å². The van der Waals surface area contributed by atoms with Crippen molar-refractivity contribution in [2.75, 3.05) is 19.6 Å². The summed E-state index contributed by atoms with van der Waals surface area (Å²) >= 11 is 0. The Kier molecular flexibility index (Phi) is 5.24. The molecule has 0 unspecified atom stereocenters. The minimum Gasteiger partial charge on any atom is -0.354 e. The van der Waals surface area contributed by atoms with Crippen LogP contribution in [0, 0.1) is 5.92 Å². The zero-order valence-corrected chi connectivity index (χ0v) is 12.2. The molecule has 112 valence electrons. The molecule has 2 heterocycles. The molecule has 0 aliphatic carbocycles. The van der Waals surface area contributed by atoms with Crippen LogP contribution in [0.5, 0.6) is 0 Å². The first-order chi connectivity index (χ1) is 9.81. The van der Waals surface area contributed by atoms with Gasteiger partial charge in [0.05, 0.1) is 0 Å². The molecule has 2 aromatic rings. The predicted octanol–water partition coefficient (Wildman–Crippen LogP) is 0.0975. The average molecular weight is 309 g/mol. The van der Waals surface area contributed by atoms with Crippen molar-refractivity contribution in [2.24, 2.45) is 5.92 Å². The summed E-state index contributed by atoms with van der Waals surface area (Å²) in [6, 6.07) is 9.57. The maximum atomic E-state index is 11.7. The van der Waals surface area contributed by atoms with Gasteiger partial charge in [0.1, 0.15) is 6.54 Å². The number of aromatic nitrogens is 4. The number of halogens is 1. The average Bonchev–Trinajstić information content (AvgIpc) is 2.86. The highest BCUT2D eigenvalue weighted by molar-refractivity contribution is 5.85. The molecule has 7 nitrogen and oxygen atoms in total. The molecule has 0 radical (unpaired) electrons. The van der Waals surface area contributed by atoms with Crippen LogP contribution in [-0.4, -0.2) is 45.7 Å². The highest BCUT2D eigenvalue weighted by Gasteiger charge is 2.17. The van der Waals surface area contributed by atoms with Crippen LogP contribution < -0.4 is 10.6 Å². The number of tetrazole rings is 1. The van der Waals surface area contributed by atoms with Crippen molar-refractivity contribution in [1.29, 1.82) is 0 Å². The first-order valence-corrected chi connectivity index (χ1v) is 6.62. The second-order valence-corrected chi connectivity index (χ2v) is 4.84. The van der Waals surface area contributed by atoms with E-state index in [9.17, 15) is 4.79 Å². The SMILES string of the molecule is Cl.O=C(Cn1nnc(-c2ccccc2)n1)NCC1CNC1. The van der Waals surface area contributed by atoms with Crippen LogP contribution in [0.4, 0.5) is 0 Å². The lowest BCUT2D eigenvalue weighted by Gasteiger charge is -2.26. The van der Waals surface area contributed by atoms with Crippen LogP contribution in [-0.2, 0) is 11.3 Å². The summed E-state index contributed by atoms with van der Waals surface area (Å²) < 4.78 is 0. The lowest BCUT2D eigenvalue weighted by atomic mass is 10.0. The molecule has 1 aromatic heterocycles. The van der Waals surface area contributed by atoms with Gasteiger partial charge in [0, 0.05) is 31.1 Å². The van der Waals surface area contributed by atoms with Crippen molar-refractivity contribution in [3.8, 4) is 11.4 Å². The minimum absolute atomic E-state index is 0. The predicted molar refractivity (Wildman–Crippen MR) is 79.9 cm³/mol. The van der Waals surface area contributed by atoms with E-state index in [1.165, 1.54) is 4.80 Å². The van der Waals surface area contributed by atoms with E-state index in [1.54, 1.807) is 0 Å². The first kappa shape index (κ1) is 15.4. The first-order valence-electron chi connectivity index (χ1n) is 6.62. The van der Waals surface area contributed by atoms with E-state index >= 15 is 0 Å². The number of rotatable bonds is 5. The van der Waals surface area contributed by atoms with Crippen molar-refractivity contribution in [2.45, 2.75) is 6.54 Å². The van der Waals surface area contributed by atoms with Crippen molar-refractivity contribution < 1.29 is 4.79 Å². The molecule has 21 heavy (non-hydrogen) atoms. The Morgan fingerprint density at radius 3 is 2.76 bits per heavy atom. The van der Waals surface area contributed by atoms with Crippen LogP contribution in [0.15, 0.2) is 30.3 Å². The third kappa shape index (κ3) is 3.99. The summed E-state index contributed by atoms with van der Waals surface area (Å²) in [6.07, 6.45) is 0. The Morgan fingerprint density at radius 2 is 2.10 bits per heavy atom. The van der Waals surface area contributed by atoms with Crippen molar-refractivity contribution in [1.82, 2.24) is 30.8 Å². The summed E-state index contributed by atoms with van der Waals surface area (Å²) in [5, 5.41) is 18.1. The smallest absolute Gasteiger partial charge is 0.243 e. The van der Waals surface area contributed by atoms with Gasteiger partial charge in [-0.05, 0) is 5.21 Å². The number of amides is 1. The molecule has 1 aromatic carbocycles. The third-order valence-electron chi connectivity index (χ3n) is 3.22. The van der Waals surface area contributed by atoms with Crippen molar-refractivity contribution in [3.63, 3.8) is 0 Å². The van der Waals surface area contributed by atoms with Crippen LogP contribution in [0.1, 0.15) is 0 Å². The largest absolute Gasteiger partial charge is 0.354 e. The van der Waals surface area contributed by atoms with E-state index in [0.29, 0.717) is 18.3 Å². The molecule has 8 heteroatoms. The van der Waals surface area contributed by atoms with Gasteiger partial charge in [-0.2, -0.15) is 4.80 Å². The highest BCUT2D eigenvalue weighted by Crippen LogP contribution is 2.11. The molecule has 0 spiro atoms. The lowest BCUT2D eigenvalue weighted by Crippen LogP contribution is -2.48. The number of hydrogen-bond donors (Lipinski definition) is 2. The van der Waals surface area contributed by atoms with Gasteiger partial charge in [0.15, 0.2) is 0 Å². The highest BCUT2D eigenvalue weighted by atomic mass is 35.5. The summed E-state index contributed by atoms with van der Waals surface area (Å²) in [5.41, 5.74) is 0.889. The zero-order valence-electron chi connectivity index (χ0n) is 11.4. The van der Waals surface area contributed by atoms with Crippen molar-refractivity contribution >= 4 is 18.3 Å². The Morgan fingerprint density at radius 1 is 1.33 bits per heavy atom. The zero-order chi connectivity index (χ0) is 13.8. The fourth-order valence-corrected chi connectivity index (χ4v) is 1.95. The van der Waals surface area contributed by atoms with Crippen LogP contribution in [0.3, 0.4) is 0 Å². The topological polar surface area (TPSA) is 84.7 Å². The number of nitrogens with one attached hydrogen (secondary N) is 2. The van der Waals surface area contributed by atoms with Crippen molar-refractivity contribution in [3.05, 3.63) is 30.3 Å². The molecular weight excluding hydrogens is 292 g/mol. The van der Waals surface area contributed by atoms with Gasteiger partial charge >= 0.3 is 0 Å². The van der Waals surface area contributed by atoms with Gasteiger partial charge < -0.3 is 10.6 Å². The Balaban J connectivity index is 0.00000161. The summed E-state index contributed by atoms with van der Waals surface area (Å²) in [6.45, 7) is 2.74. The van der Waals surface area contributed by atoms with E-state index < -0.39 is 0 Å². The standard InChI is InChI=1S/C13H16N6O.ClH/c20-12(15-8-10-6-14-7-10)9-19-17-13(16-18-19)11-4-2-1-3-5-11;/h1-5,10,14H,6-9H2,(H,15,20);1H. The maximum absolute atomic E-state index is 11.7. The minimum atomic E-state index is -0.0890. The number of carbonyl (C=O) groups is 1. The summed E-state index contributed by atoms with van der Waals surface area (Å²) in [5.74, 6) is 0.984. The molecule has 0 bridgehead atoms. The van der Waals surface area contributed by atoms with E-state index in [4.69, 9.17) is 0 Å². The lowest BCUT2D eigenvalue weighted by molar-refractivity contribution is -0.122. The fourth-order valence-electron chi connectivity index (χ4n) is 1.95. The van der Waals surface area contributed by atoms with Crippen LogP contribution in [0.25, 0.3) is 11.4 Å². The second-order valence-electron chi connectivity index (χ2n) is 4.84. The van der Waals surface area contributed by atoms with Gasteiger partial charge in [0.25, 0.3) is 0 Å². The molecule has 1 aliphatic heterocycles. The molecule has 1 saturated heterocycles. The molecule has 3 rings (SSSR count). The molecule has 2 N–H and O–H groups in total. The monoisotopic (exact) mass is 308 g/mol. The Bertz CT molecular complexity index is 583. The number of benzene rings is 1. The number of carbonyl (C=O) groups excluding carboxylic acids is 1. The molecule has 1 fully saturated rings. The molecule has 0 saturated carbocycles. The maximum Gasteiger partial charge on any atom is 0.243 e. The Hall–Kier alpha value is -1.99. The number of nitrogens with zero attached hydrogens (tertiary/aromatic N) is 4. The normalized spacial score (nSPS) is 14.1. The van der Waals surface area contributed by atoms with Gasteiger partial charge in [-0.15, -0.1) is 22.6 Å². The van der Waals surface area contributed by atoms with Gasteiger partial charge in [-0.25, -0.2) is 0 Å². The molecular formula is C13H17ClN6O. The van der Waals surface area contributed by atoms with E-state index in [-0.39, 0.29) is 24.9 Å². The molecule has 1 aliphatic rings. The molecule has 0 atom stereocenters. The van der Waals surface area contributed by atoms with E-state index in [0.717, 1.165) is 18.7 Å². The summed E-state index contributed by atoms with van der Waals surface area (Å²) in [4.78, 5) is 13.1. The molecule has 1 amide bonds. The number of hydrogen-bond acceptors (Lipinski definition) is 5. The quantitative estimate of drug-likeness (QED) is 0.818. The second kappa shape index (κ2) is 7.14. The third-order valence-corrected chi connectivity index (χ3v) is 3.22. The van der Waals surface area contributed by atoms with Gasteiger partial charge in [-0.1, -0.05) is 30.3 Å². The van der Waals surface area contributed by atoms with Crippen LogP contribution in [0.2, 0.25) is 0 Å². The van der Waals surface area contributed by atoms with E-state index in [2.05, 4.69) is 26.0 Å². The van der Waals surface area contributed by atoms with Crippen LogP contribution >= 0.6 is 12.4 Å². The van der Waals surface area contributed by atoms with Gasteiger partial charge in [-0.3, -0.25) is 4.79 Å². The Labute approximate surface area is 128 Å². The fraction of sp³-hybridized carbons (Fsp3) is 0.385.